The predicted molar refractivity (Wildman–Crippen MR) is 58.4 cm³/mol. The van der Waals surface area contributed by atoms with Gasteiger partial charge in [-0.25, -0.2) is 0 Å². The van der Waals surface area contributed by atoms with Crippen LogP contribution >= 0.6 is 15.9 Å². The van der Waals surface area contributed by atoms with Gasteiger partial charge in [-0.2, -0.15) is 0 Å². The first-order chi connectivity index (χ1) is 6.68. The Morgan fingerprint density at radius 1 is 1.43 bits per heavy atom. The second kappa shape index (κ2) is 3.65. The number of hydrogen-bond acceptors (Lipinski definition) is 2. The first kappa shape index (κ1) is 10.1. The molecule has 2 rings (SSSR count). The number of methoxy groups -OCH3 is 1. The van der Waals surface area contributed by atoms with E-state index in [0.29, 0.717) is 13.2 Å². The summed E-state index contributed by atoms with van der Waals surface area (Å²) >= 11 is 3.47. The molecule has 1 heterocycles. The summed E-state index contributed by atoms with van der Waals surface area (Å²) in [6.07, 6.45) is 0. The fraction of sp³-hybridized carbons (Fsp3) is 0.455. The van der Waals surface area contributed by atoms with E-state index in [0.717, 1.165) is 4.47 Å². The highest BCUT2D eigenvalue weighted by Crippen LogP contribution is 2.36. The SMILES string of the molecule is COC1(c2cc(Br)ccc2C)COC1. The van der Waals surface area contributed by atoms with Crippen molar-refractivity contribution >= 4 is 15.9 Å². The average Bonchev–Trinajstić information content (AvgIpc) is 2.10. The average molecular weight is 257 g/mol. The van der Waals surface area contributed by atoms with Crippen molar-refractivity contribution in [2.45, 2.75) is 12.5 Å². The van der Waals surface area contributed by atoms with Gasteiger partial charge in [0.1, 0.15) is 5.60 Å². The van der Waals surface area contributed by atoms with Crippen LogP contribution in [0.25, 0.3) is 0 Å². The van der Waals surface area contributed by atoms with Crippen LogP contribution in [0.3, 0.4) is 0 Å². The zero-order chi connectivity index (χ0) is 10.2. The molecule has 3 heteroatoms. The van der Waals surface area contributed by atoms with Crippen molar-refractivity contribution in [2.24, 2.45) is 0 Å². The van der Waals surface area contributed by atoms with Crippen LogP contribution in [-0.4, -0.2) is 20.3 Å². The highest BCUT2D eigenvalue weighted by atomic mass is 79.9. The Hall–Kier alpha value is -0.380. The van der Waals surface area contributed by atoms with Crippen molar-refractivity contribution in [1.29, 1.82) is 0 Å². The molecular formula is C11H13BrO2. The van der Waals surface area contributed by atoms with Crippen molar-refractivity contribution < 1.29 is 9.47 Å². The van der Waals surface area contributed by atoms with E-state index in [-0.39, 0.29) is 5.60 Å². The number of aryl methyl sites for hydroxylation is 1. The van der Waals surface area contributed by atoms with Crippen LogP contribution in [0.15, 0.2) is 22.7 Å². The third-order valence-corrected chi connectivity index (χ3v) is 3.24. The van der Waals surface area contributed by atoms with Crippen LogP contribution < -0.4 is 0 Å². The summed E-state index contributed by atoms with van der Waals surface area (Å²) in [4.78, 5) is 0. The second-order valence-corrected chi connectivity index (χ2v) is 4.57. The lowest BCUT2D eigenvalue weighted by atomic mass is 9.88. The number of rotatable bonds is 2. The first-order valence-electron chi connectivity index (χ1n) is 4.57. The summed E-state index contributed by atoms with van der Waals surface area (Å²) in [5.41, 5.74) is 2.26. The highest BCUT2D eigenvalue weighted by Gasteiger charge is 2.41. The Labute approximate surface area is 92.3 Å². The van der Waals surface area contributed by atoms with Gasteiger partial charge in [-0.1, -0.05) is 22.0 Å². The lowest BCUT2D eigenvalue weighted by Gasteiger charge is -2.41. The van der Waals surface area contributed by atoms with Gasteiger partial charge in [0.05, 0.1) is 13.2 Å². The molecule has 0 saturated carbocycles. The molecule has 0 unspecified atom stereocenters. The summed E-state index contributed by atoms with van der Waals surface area (Å²) in [7, 11) is 1.74. The lowest BCUT2D eigenvalue weighted by Crippen LogP contribution is -2.48. The van der Waals surface area contributed by atoms with E-state index in [4.69, 9.17) is 9.47 Å². The molecule has 0 aromatic heterocycles. The fourth-order valence-corrected chi connectivity index (χ4v) is 2.12. The standard InChI is InChI=1S/C11H13BrO2/c1-8-3-4-9(12)5-10(8)11(13-2)6-14-7-11/h3-5H,6-7H2,1-2H3. The van der Waals surface area contributed by atoms with Crippen molar-refractivity contribution in [2.75, 3.05) is 20.3 Å². The van der Waals surface area contributed by atoms with Crippen molar-refractivity contribution in [3.8, 4) is 0 Å². The fourth-order valence-electron chi connectivity index (χ4n) is 1.76. The lowest BCUT2D eigenvalue weighted by molar-refractivity contribution is -0.202. The van der Waals surface area contributed by atoms with Gasteiger partial charge >= 0.3 is 0 Å². The molecule has 2 nitrogen and oxygen atoms in total. The Morgan fingerprint density at radius 3 is 2.64 bits per heavy atom. The molecule has 1 aromatic rings. The van der Waals surface area contributed by atoms with E-state index in [9.17, 15) is 0 Å². The zero-order valence-corrected chi connectivity index (χ0v) is 9.93. The molecule has 0 atom stereocenters. The van der Waals surface area contributed by atoms with Crippen LogP contribution in [0.1, 0.15) is 11.1 Å². The van der Waals surface area contributed by atoms with E-state index in [1.807, 2.05) is 6.07 Å². The number of ether oxygens (including phenoxy) is 2. The largest absolute Gasteiger partial charge is 0.375 e. The Morgan fingerprint density at radius 2 is 2.14 bits per heavy atom. The number of benzene rings is 1. The molecule has 0 aliphatic carbocycles. The number of halogens is 1. The minimum Gasteiger partial charge on any atom is -0.375 e. The molecule has 1 aliphatic heterocycles. The third-order valence-electron chi connectivity index (χ3n) is 2.75. The summed E-state index contributed by atoms with van der Waals surface area (Å²) in [5, 5.41) is 0. The summed E-state index contributed by atoms with van der Waals surface area (Å²) < 4.78 is 11.9. The van der Waals surface area contributed by atoms with E-state index in [1.165, 1.54) is 11.1 Å². The molecule has 1 aromatic carbocycles. The van der Waals surface area contributed by atoms with E-state index in [1.54, 1.807) is 7.11 Å². The van der Waals surface area contributed by atoms with Crippen LogP contribution in [0.5, 0.6) is 0 Å². The van der Waals surface area contributed by atoms with Crippen LogP contribution in [0, 0.1) is 6.92 Å². The molecule has 0 N–H and O–H groups in total. The van der Waals surface area contributed by atoms with Gasteiger partial charge < -0.3 is 9.47 Å². The van der Waals surface area contributed by atoms with Gasteiger partial charge in [-0.15, -0.1) is 0 Å². The molecule has 1 aliphatic rings. The minimum absolute atomic E-state index is 0.214. The maximum atomic E-state index is 5.55. The summed E-state index contributed by atoms with van der Waals surface area (Å²) in [6.45, 7) is 3.41. The van der Waals surface area contributed by atoms with Crippen LogP contribution in [0.4, 0.5) is 0 Å². The smallest absolute Gasteiger partial charge is 0.139 e. The van der Waals surface area contributed by atoms with Gasteiger partial charge in [-0.05, 0) is 30.2 Å². The first-order valence-corrected chi connectivity index (χ1v) is 5.37. The van der Waals surface area contributed by atoms with Gasteiger partial charge in [0.2, 0.25) is 0 Å². The van der Waals surface area contributed by atoms with Crippen molar-refractivity contribution in [3.63, 3.8) is 0 Å². The van der Waals surface area contributed by atoms with E-state index in [2.05, 4.69) is 35.0 Å². The van der Waals surface area contributed by atoms with Gasteiger partial charge in [0, 0.05) is 11.6 Å². The Kier molecular flexibility index (Phi) is 2.64. The van der Waals surface area contributed by atoms with Crippen LogP contribution in [-0.2, 0) is 15.1 Å². The molecule has 76 valence electrons. The normalized spacial score (nSPS) is 19.1. The molecule has 1 fully saturated rings. The highest BCUT2D eigenvalue weighted by molar-refractivity contribution is 9.10. The number of hydrogen-bond donors (Lipinski definition) is 0. The van der Waals surface area contributed by atoms with Gasteiger partial charge in [-0.3, -0.25) is 0 Å². The Balaban J connectivity index is 2.43. The van der Waals surface area contributed by atoms with Crippen LogP contribution in [0.2, 0.25) is 0 Å². The van der Waals surface area contributed by atoms with Gasteiger partial charge in [0.15, 0.2) is 0 Å². The Bertz CT molecular complexity index is 340. The molecular weight excluding hydrogens is 244 g/mol. The topological polar surface area (TPSA) is 18.5 Å². The maximum Gasteiger partial charge on any atom is 0.139 e. The molecule has 1 saturated heterocycles. The second-order valence-electron chi connectivity index (χ2n) is 3.65. The zero-order valence-electron chi connectivity index (χ0n) is 8.34. The summed E-state index contributed by atoms with van der Waals surface area (Å²) in [5.74, 6) is 0. The molecule has 0 spiro atoms. The van der Waals surface area contributed by atoms with Crippen molar-refractivity contribution in [3.05, 3.63) is 33.8 Å². The molecule has 0 amide bonds. The molecule has 14 heavy (non-hydrogen) atoms. The van der Waals surface area contributed by atoms with E-state index >= 15 is 0 Å². The molecule has 0 radical (unpaired) electrons. The van der Waals surface area contributed by atoms with E-state index < -0.39 is 0 Å². The monoisotopic (exact) mass is 256 g/mol. The quantitative estimate of drug-likeness (QED) is 0.810. The maximum absolute atomic E-state index is 5.55. The summed E-state index contributed by atoms with van der Waals surface area (Å²) in [6, 6.07) is 6.25. The van der Waals surface area contributed by atoms with Crippen molar-refractivity contribution in [1.82, 2.24) is 0 Å². The third kappa shape index (κ3) is 1.49. The molecule has 0 bridgehead atoms. The minimum atomic E-state index is -0.214. The predicted octanol–water partition coefficient (Wildman–Crippen LogP) is 2.63. The van der Waals surface area contributed by atoms with Gasteiger partial charge in [0.25, 0.3) is 0 Å².